The van der Waals surface area contributed by atoms with Gasteiger partial charge in [-0.2, -0.15) is 0 Å². The fraction of sp³-hybridized carbons (Fsp3) is 0.400. The zero-order chi connectivity index (χ0) is 29.1. The number of carbonyl (C=O) groups is 3. The number of carbonyl (C=O) groups excluding carboxylic acids is 3. The third-order valence-electron chi connectivity index (χ3n) is 5.51. The van der Waals surface area contributed by atoms with Crippen molar-refractivity contribution in [2.45, 2.75) is 50.1 Å². The number of thiophene rings is 1. The molecule has 1 aliphatic rings. The van der Waals surface area contributed by atoms with E-state index in [-0.39, 0.29) is 28.2 Å². The summed E-state index contributed by atoms with van der Waals surface area (Å²) in [4.78, 5) is 51.0. The summed E-state index contributed by atoms with van der Waals surface area (Å²) in [6.45, 7) is 6.24. The first-order valence-electron chi connectivity index (χ1n) is 11.6. The Morgan fingerprint density at radius 3 is 2.41 bits per heavy atom. The van der Waals surface area contributed by atoms with Crippen molar-refractivity contribution in [2.24, 2.45) is 11.3 Å². The fourth-order valence-electron chi connectivity index (χ4n) is 3.32. The van der Waals surface area contributed by atoms with Crippen LogP contribution >= 0.6 is 46.5 Å². The Kier molecular flexibility index (Phi) is 10.1. The number of alkyl halides is 1. The maximum Gasteiger partial charge on any atom is 0.359 e. The predicted molar refractivity (Wildman–Crippen MR) is 150 cm³/mol. The Morgan fingerprint density at radius 1 is 1.26 bits per heavy atom. The summed E-state index contributed by atoms with van der Waals surface area (Å²) >= 11 is 9.92. The van der Waals surface area contributed by atoms with Crippen LogP contribution in [0.4, 0.5) is 5.69 Å². The Balaban J connectivity index is 2.05. The minimum atomic E-state index is -1.11. The van der Waals surface area contributed by atoms with Crippen LogP contribution in [0.3, 0.4) is 0 Å². The van der Waals surface area contributed by atoms with Crippen LogP contribution in [0.15, 0.2) is 50.7 Å². The average molecular weight is 615 g/mol. The van der Waals surface area contributed by atoms with Crippen molar-refractivity contribution in [3.63, 3.8) is 0 Å². The molecule has 0 unspecified atom stereocenters. The second kappa shape index (κ2) is 12.7. The summed E-state index contributed by atoms with van der Waals surface area (Å²) < 4.78 is 12.3. The van der Waals surface area contributed by atoms with E-state index in [0.717, 1.165) is 9.11 Å². The molecule has 0 radical (unpaired) electrons. The number of rotatable bonds is 10. The molecule has 1 aliphatic heterocycles. The molecule has 14 heteroatoms. The van der Waals surface area contributed by atoms with E-state index in [1.807, 2.05) is 6.26 Å². The number of esters is 1. The van der Waals surface area contributed by atoms with Gasteiger partial charge >= 0.3 is 5.97 Å². The third-order valence-corrected chi connectivity index (χ3v) is 9.29. The molecule has 210 valence electrons. The van der Waals surface area contributed by atoms with Gasteiger partial charge in [-0.25, -0.2) is 4.79 Å². The number of halogens is 1. The normalized spacial score (nSPS) is 18.6. The van der Waals surface area contributed by atoms with E-state index in [9.17, 15) is 29.6 Å². The number of aliphatic hydroxyl groups is 1. The Morgan fingerprint density at radius 2 is 1.90 bits per heavy atom. The molecule has 0 saturated carbocycles. The Bertz CT molecular complexity index is 1290. The number of nitrogens with zero attached hydrogens (tertiary/aromatic N) is 2. The number of nitro groups is 1. The largest absolute Gasteiger partial charge is 0.456 e. The Hall–Kier alpha value is -2.58. The van der Waals surface area contributed by atoms with E-state index in [1.165, 1.54) is 54.3 Å². The van der Waals surface area contributed by atoms with Crippen molar-refractivity contribution < 1.29 is 33.9 Å². The zero-order valence-corrected chi connectivity index (χ0v) is 24.9. The highest BCUT2D eigenvalue weighted by Gasteiger charge is 2.53. The van der Waals surface area contributed by atoms with Gasteiger partial charge in [0, 0.05) is 17.5 Å². The molecule has 1 amide bonds. The zero-order valence-electron chi connectivity index (χ0n) is 21.7. The smallest absolute Gasteiger partial charge is 0.359 e. The summed E-state index contributed by atoms with van der Waals surface area (Å²) in [5.41, 5.74) is -1.98. The number of likely N-dealkylation sites (tertiary alicyclic amines) is 1. The van der Waals surface area contributed by atoms with Crippen LogP contribution in [0, 0.1) is 21.4 Å². The molecule has 2 aromatic rings. The van der Waals surface area contributed by atoms with Gasteiger partial charge in [0.2, 0.25) is 11.0 Å². The van der Waals surface area contributed by atoms with Gasteiger partial charge in [-0.3, -0.25) is 24.6 Å². The van der Waals surface area contributed by atoms with E-state index in [4.69, 9.17) is 21.1 Å². The summed E-state index contributed by atoms with van der Waals surface area (Å²) in [5.74, 6) is -2.23. The number of β-lactam (4-membered cyclic amide) rings is 1. The lowest BCUT2D eigenvalue weighted by atomic mass is 9.92. The number of thioether (sulfide) groups is 2. The second-order valence-corrected chi connectivity index (χ2v) is 12.9. The van der Waals surface area contributed by atoms with Crippen LogP contribution in [-0.4, -0.2) is 49.8 Å². The van der Waals surface area contributed by atoms with Crippen molar-refractivity contribution in [1.82, 2.24) is 4.90 Å². The van der Waals surface area contributed by atoms with Gasteiger partial charge in [-0.05, 0) is 54.1 Å². The number of benzene rings is 1. The number of hydrogen-bond donors (Lipinski definition) is 1. The molecule has 39 heavy (non-hydrogen) atoms. The second-order valence-electron chi connectivity index (χ2n) is 9.50. The molecule has 0 spiro atoms. The number of non-ortho nitro benzene ring substituents is 1. The van der Waals surface area contributed by atoms with Crippen molar-refractivity contribution in [3.8, 4) is 5.75 Å². The molecule has 1 saturated heterocycles. The predicted octanol–water partition coefficient (Wildman–Crippen LogP) is 5.38. The lowest BCUT2D eigenvalue weighted by Crippen LogP contribution is -2.62. The molecular formula is C25H27ClN2O8S3. The standard InChI is InChI=1S/C25H27ClN2O8S3/c1-13(29)17-19(26)27(20(17)30)18(21(31)35-12-14-6-8-15(9-7-14)28(33)34)22(39-24(32)25(2,3)4)36-16-10-11-38-23(16)37-5/h6-11,13,17,19,29H,12H2,1-5H3/t13-,17-,19-/m1/s1. The molecule has 1 aromatic heterocycles. The molecule has 1 N–H and O–H groups in total. The quantitative estimate of drug-likeness (QED) is 0.0427. The molecule has 2 heterocycles. The van der Waals surface area contributed by atoms with E-state index in [2.05, 4.69) is 0 Å². The monoisotopic (exact) mass is 614 g/mol. The van der Waals surface area contributed by atoms with Crippen molar-refractivity contribution in [1.29, 1.82) is 0 Å². The summed E-state index contributed by atoms with van der Waals surface area (Å²) in [6.07, 6.45) is 0.762. The van der Waals surface area contributed by atoms with Crippen LogP contribution in [0.5, 0.6) is 5.75 Å². The van der Waals surface area contributed by atoms with Gasteiger partial charge in [-0.15, -0.1) is 23.1 Å². The number of nitro benzene ring substituents is 1. The summed E-state index contributed by atoms with van der Waals surface area (Å²) in [6, 6.07) is 7.08. The molecule has 0 aliphatic carbocycles. The van der Waals surface area contributed by atoms with E-state index < -0.39 is 39.7 Å². The summed E-state index contributed by atoms with van der Waals surface area (Å²) in [7, 11) is 0. The first kappa shape index (κ1) is 31.0. The van der Waals surface area contributed by atoms with Crippen molar-refractivity contribution in [2.75, 3.05) is 6.26 Å². The molecule has 0 bridgehead atoms. The molecule has 1 fully saturated rings. The highest BCUT2D eigenvalue weighted by molar-refractivity contribution is 8.16. The molecule has 1 aromatic carbocycles. The van der Waals surface area contributed by atoms with Gasteiger partial charge in [-0.1, -0.05) is 32.4 Å². The van der Waals surface area contributed by atoms with Gasteiger partial charge in [0.25, 0.3) is 5.69 Å². The number of hydrogen-bond acceptors (Lipinski definition) is 11. The SMILES string of the molecule is CSc1sccc1OC(SC(=O)C(C)(C)C)=C(C(=O)OCc1ccc([N+](=O)[O-])cc1)N1C(=O)[C@H]([C@@H](C)O)[C@@H]1Cl. The van der Waals surface area contributed by atoms with Crippen LogP contribution in [0.1, 0.15) is 33.3 Å². The minimum absolute atomic E-state index is 0.126. The first-order chi connectivity index (χ1) is 18.3. The highest BCUT2D eigenvalue weighted by Crippen LogP contribution is 2.43. The molecule has 3 atom stereocenters. The van der Waals surface area contributed by atoms with Crippen molar-refractivity contribution >= 4 is 69.1 Å². The molecular weight excluding hydrogens is 588 g/mol. The topological polar surface area (TPSA) is 136 Å². The van der Waals surface area contributed by atoms with Crippen LogP contribution in [0.25, 0.3) is 0 Å². The third kappa shape index (κ3) is 7.14. The lowest BCUT2D eigenvalue weighted by molar-refractivity contribution is -0.384. The number of aliphatic hydroxyl groups excluding tert-OH is 1. The Labute approximate surface area is 242 Å². The number of ether oxygens (including phenoxy) is 2. The van der Waals surface area contributed by atoms with Crippen molar-refractivity contribution in [3.05, 3.63) is 62.2 Å². The van der Waals surface area contributed by atoms with E-state index in [1.54, 1.807) is 32.2 Å². The van der Waals surface area contributed by atoms with Gasteiger partial charge in [0.15, 0.2) is 16.5 Å². The van der Waals surface area contributed by atoms with Gasteiger partial charge in [0.05, 0.1) is 16.9 Å². The average Bonchev–Trinajstić information content (AvgIpc) is 3.31. The molecule has 3 rings (SSSR count). The van der Waals surface area contributed by atoms with Gasteiger partial charge < -0.3 is 14.6 Å². The maximum absolute atomic E-state index is 13.5. The first-order valence-corrected chi connectivity index (χ1v) is 14.9. The van der Waals surface area contributed by atoms with E-state index in [0.29, 0.717) is 23.1 Å². The van der Waals surface area contributed by atoms with Crippen LogP contribution in [0.2, 0.25) is 0 Å². The van der Waals surface area contributed by atoms with Crippen LogP contribution in [-0.2, 0) is 25.7 Å². The summed E-state index contributed by atoms with van der Waals surface area (Å²) in [5, 5.41) is 22.2. The molecule has 10 nitrogen and oxygen atoms in total. The minimum Gasteiger partial charge on any atom is -0.456 e. The fourth-order valence-corrected chi connectivity index (χ4v) is 6.12. The number of amides is 1. The van der Waals surface area contributed by atoms with E-state index >= 15 is 0 Å². The lowest BCUT2D eigenvalue weighted by Gasteiger charge is -2.45. The van der Waals surface area contributed by atoms with Crippen LogP contribution < -0.4 is 4.74 Å². The van der Waals surface area contributed by atoms with Gasteiger partial charge in [0.1, 0.15) is 16.3 Å². The highest BCUT2D eigenvalue weighted by atomic mass is 35.5. The maximum atomic E-state index is 13.5.